The van der Waals surface area contributed by atoms with Crippen LogP contribution in [0.2, 0.25) is 0 Å². The average molecular weight is 410 g/mol. The van der Waals surface area contributed by atoms with Gasteiger partial charge in [0.2, 0.25) is 5.82 Å². The molecule has 6 heteroatoms. The first-order valence-corrected chi connectivity index (χ1v) is 7.77. The number of rotatable bonds is 4. The third-order valence-corrected chi connectivity index (χ3v) is 3.86. The molecule has 0 aliphatic rings. The van der Waals surface area contributed by atoms with Crippen molar-refractivity contribution < 1.29 is 9.26 Å². The number of halogens is 2. The van der Waals surface area contributed by atoms with Gasteiger partial charge >= 0.3 is 0 Å². The van der Waals surface area contributed by atoms with E-state index in [4.69, 9.17) is 9.26 Å². The smallest absolute Gasteiger partial charge is 0.264 e. The standard InChI is InChI=1S/C15H10Br2N2O2/c16-11-6-7-13(12(17)8-11)20-9-14-18-15(19-21-14)10-4-2-1-3-5-10/h1-8H,9H2. The molecule has 106 valence electrons. The highest BCUT2D eigenvalue weighted by Gasteiger charge is 2.10. The number of benzene rings is 2. The molecule has 0 atom stereocenters. The van der Waals surface area contributed by atoms with E-state index >= 15 is 0 Å². The lowest BCUT2D eigenvalue weighted by molar-refractivity contribution is 0.242. The van der Waals surface area contributed by atoms with E-state index in [1.165, 1.54) is 0 Å². The van der Waals surface area contributed by atoms with Crippen molar-refractivity contribution in [1.29, 1.82) is 0 Å². The van der Waals surface area contributed by atoms with E-state index in [9.17, 15) is 0 Å². The third-order valence-electron chi connectivity index (χ3n) is 2.75. The minimum atomic E-state index is 0.222. The van der Waals surface area contributed by atoms with Gasteiger partial charge in [0.05, 0.1) is 4.47 Å². The minimum Gasteiger partial charge on any atom is -0.483 e. The van der Waals surface area contributed by atoms with Gasteiger partial charge in [-0.15, -0.1) is 0 Å². The monoisotopic (exact) mass is 408 g/mol. The van der Waals surface area contributed by atoms with Crippen LogP contribution >= 0.6 is 31.9 Å². The maximum Gasteiger partial charge on any atom is 0.264 e. The molecule has 3 rings (SSSR count). The van der Waals surface area contributed by atoms with Crippen molar-refractivity contribution in [2.45, 2.75) is 6.61 Å². The molecule has 0 N–H and O–H groups in total. The molecule has 4 nitrogen and oxygen atoms in total. The molecule has 0 saturated carbocycles. The molecule has 0 saturated heterocycles. The molecular weight excluding hydrogens is 400 g/mol. The molecule has 0 amide bonds. The molecule has 0 aliphatic carbocycles. The van der Waals surface area contributed by atoms with Crippen LogP contribution in [0.25, 0.3) is 11.4 Å². The van der Waals surface area contributed by atoms with Crippen LogP contribution in [0.1, 0.15) is 5.89 Å². The van der Waals surface area contributed by atoms with Crippen LogP contribution in [0, 0.1) is 0 Å². The highest BCUT2D eigenvalue weighted by atomic mass is 79.9. The molecule has 0 fully saturated rings. The lowest BCUT2D eigenvalue weighted by atomic mass is 10.2. The average Bonchev–Trinajstić information content (AvgIpc) is 2.96. The molecule has 3 aromatic rings. The molecule has 1 aromatic heterocycles. The van der Waals surface area contributed by atoms with Gasteiger partial charge in [0.15, 0.2) is 6.61 Å². The van der Waals surface area contributed by atoms with Gasteiger partial charge in [0, 0.05) is 10.0 Å². The van der Waals surface area contributed by atoms with Crippen molar-refractivity contribution in [3.8, 4) is 17.1 Å². The number of hydrogen-bond acceptors (Lipinski definition) is 4. The Balaban J connectivity index is 1.70. The Kier molecular flexibility index (Phi) is 4.36. The van der Waals surface area contributed by atoms with Gasteiger partial charge in [0.1, 0.15) is 5.75 Å². The van der Waals surface area contributed by atoms with E-state index in [2.05, 4.69) is 42.0 Å². The second-order valence-corrected chi connectivity index (χ2v) is 6.01. The van der Waals surface area contributed by atoms with Crippen LogP contribution in [0.4, 0.5) is 0 Å². The quantitative estimate of drug-likeness (QED) is 0.618. The fourth-order valence-electron chi connectivity index (χ4n) is 1.75. The van der Waals surface area contributed by atoms with Crippen LogP contribution in [-0.2, 0) is 6.61 Å². The maximum absolute atomic E-state index is 5.66. The fraction of sp³-hybridized carbons (Fsp3) is 0.0667. The van der Waals surface area contributed by atoms with Gasteiger partial charge in [-0.3, -0.25) is 0 Å². The molecule has 21 heavy (non-hydrogen) atoms. The number of ether oxygens (including phenoxy) is 1. The van der Waals surface area contributed by atoms with E-state index < -0.39 is 0 Å². The Hall–Kier alpha value is -1.66. The van der Waals surface area contributed by atoms with E-state index in [1.54, 1.807) is 0 Å². The second-order valence-electron chi connectivity index (χ2n) is 4.24. The molecule has 0 radical (unpaired) electrons. The number of aromatic nitrogens is 2. The van der Waals surface area contributed by atoms with E-state index in [-0.39, 0.29) is 6.61 Å². The molecule has 1 heterocycles. The molecule has 0 aliphatic heterocycles. The maximum atomic E-state index is 5.66. The first kappa shape index (κ1) is 14.3. The Labute approximate surface area is 138 Å². The van der Waals surface area contributed by atoms with Crippen molar-refractivity contribution in [3.05, 3.63) is 63.4 Å². The Morgan fingerprint density at radius 3 is 2.62 bits per heavy atom. The predicted octanol–water partition coefficient (Wildman–Crippen LogP) is 4.84. The highest BCUT2D eigenvalue weighted by molar-refractivity contribution is 9.11. The molecule has 0 spiro atoms. The lowest BCUT2D eigenvalue weighted by Gasteiger charge is -2.05. The summed E-state index contributed by atoms with van der Waals surface area (Å²) in [5, 5.41) is 3.95. The van der Waals surface area contributed by atoms with Crippen LogP contribution < -0.4 is 4.74 Å². The highest BCUT2D eigenvalue weighted by Crippen LogP contribution is 2.28. The fourth-order valence-corrected chi connectivity index (χ4v) is 2.91. The Morgan fingerprint density at radius 2 is 1.86 bits per heavy atom. The summed E-state index contributed by atoms with van der Waals surface area (Å²) in [6.07, 6.45) is 0. The predicted molar refractivity (Wildman–Crippen MR) is 85.9 cm³/mol. The van der Waals surface area contributed by atoms with Gasteiger partial charge in [-0.05, 0) is 34.1 Å². The van der Waals surface area contributed by atoms with Crippen molar-refractivity contribution in [1.82, 2.24) is 10.1 Å². The second kappa shape index (κ2) is 6.41. The summed E-state index contributed by atoms with van der Waals surface area (Å²) < 4.78 is 12.7. The van der Waals surface area contributed by atoms with E-state index in [1.807, 2.05) is 48.5 Å². The van der Waals surface area contributed by atoms with Gasteiger partial charge < -0.3 is 9.26 Å². The summed E-state index contributed by atoms with van der Waals surface area (Å²) in [6.45, 7) is 0.222. The van der Waals surface area contributed by atoms with Gasteiger partial charge in [-0.25, -0.2) is 0 Å². The summed E-state index contributed by atoms with van der Waals surface area (Å²) in [5.41, 5.74) is 0.914. The largest absolute Gasteiger partial charge is 0.483 e. The van der Waals surface area contributed by atoms with E-state index in [0.29, 0.717) is 11.7 Å². The first-order chi connectivity index (χ1) is 10.2. The van der Waals surface area contributed by atoms with Gasteiger partial charge in [-0.2, -0.15) is 4.98 Å². The zero-order valence-corrected chi connectivity index (χ0v) is 14.0. The summed E-state index contributed by atoms with van der Waals surface area (Å²) in [4.78, 5) is 4.32. The first-order valence-electron chi connectivity index (χ1n) is 6.18. The van der Waals surface area contributed by atoms with Crippen molar-refractivity contribution in [3.63, 3.8) is 0 Å². The van der Waals surface area contributed by atoms with Crippen molar-refractivity contribution in [2.75, 3.05) is 0 Å². The summed E-state index contributed by atoms with van der Waals surface area (Å²) in [7, 11) is 0. The van der Waals surface area contributed by atoms with Gasteiger partial charge in [0.25, 0.3) is 5.89 Å². The van der Waals surface area contributed by atoms with Crippen LogP contribution in [-0.4, -0.2) is 10.1 Å². The third kappa shape index (κ3) is 3.51. The molecule has 0 bridgehead atoms. The van der Waals surface area contributed by atoms with Crippen LogP contribution in [0.3, 0.4) is 0 Å². The Bertz CT molecular complexity index is 744. The summed E-state index contributed by atoms with van der Waals surface area (Å²) in [6, 6.07) is 15.4. The SMILES string of the molecule is Brc1ccc(OCc2nc(-c3ccccc3)no2)c(Br)c1. The van der Waals surface area contributed by atoms with Gasteiger partial charge in [-0.1, -0.05) is 51.4 Å². The summed E-state index contributed by atoms with van der Waals surface area (Å²) in [5.74, 6) is 1.71. The molecule has 2 aromatic carbocycles. The number of nitrogens with zero attached hydrogens (tertiary/aromatic N) is 2. The zero-order chi connectivity index (χ0) is 14.7. The normalized spacial score (nSPS) is 10.6. The number of hydrogen-bond donors (Lipinski definition) is 0. The topological polar surface area (TPSA) is 48.2 Å². The van der Waals surface area contributed by atoms with Crippen molar-refractivity contribution >= 4 is 31.9 Å². The Morgan fingerprint density at radius 1 is 1.05 bits per heavy atom. The van der Waals surface area contributed by atoms with E-state index in [0.717, 1.165) is 20.3 Å². The van der Waals surface area contributed by atoms with Crippen LogP contribution in [0.5, 0.6) is 5.75 Å². The minimum absolute atomic E-state index is 0.222. The molecule has 0 unspecified atom stereocenters. The summed E-state index contributed by atoms with van der Waals surface area (Å²) >= 11 is 6.84. The zero-order valence-electron chi connectivity index (χ0n) is 10.8. The van der Waals surface area contributed by atoms with Crippen molar-refractivity contribution in [2.24, 2.45) is 0 Å². The van der Waals surface area contributed by atoms with Crippen LogP contribution in [0.15, 0.2) is 62.0 Å². The lowest BCUT2D eigenvalue weighted by Crippen LogP contribution is -1.96. The molecular formula is C15H10Br2N2O2.